The minimum Gasteiger partial charge on any atom is -0.496 e. The molecule has 1 aromatic heterocycles. The molecule has 0 spiro atoms. The van der Waals surface area contributed by atoms with E-state index in [4.69, 9.17) is 4.74 Å². The maximum Gasteiger partial charge on any atom is 0.265 e. The number of fused-ring (bicyclic) bond motifs is 1. The Balaban J connectivity index is 1.38. The zero-order valence-corrected chi connectivity index (χ0v) is 24.0. The van der Waals surface area contributed by atoms with Crippen LogP contribution in [0.3, 0.4) is 0 Å². The molecule has 1 N–H and O–H groups in total. The average molecular weight is 575 g/mol. The lowest BCUT2D eigenvalue weighted by atomic mass is 10.2. The van der Waals surface area contributed by atoms with Crippen LogP contribution in [-0.2, 0) is 10.0 Å². The SMILES string of the molecule is COc1ccc(S(=O)(=O)N(C)c2ccc3sc(C(=O)Nc4ccccc4Sc4ccccc4)cc3c2)cc1C. The van der Waals surface area contributed by atoms with E-state index in [1.54, 1.807) is 56.1 Å². The Morgan fingerprint density at radius 2 is 1.67 bits per heavy atom. The van der Waals surface area contributed by atoms with E-state index < -0.39 is 10.0 Å². The zero-order chi connectivity index (χ0) is 27.6. The van der Waals surface area contributed by atoms with Gasteiger partial charge in [-0.25, -0.2) is 8.42 Å². The number of amides is 1. The first-order chi connectivity index (χ1) is 18.8. The summed E-state index contributed by atoms with van der Waals surface area (Å²) in [7, 11) is -0.713. The molecule has 0 unspecified atom stereocenters. The molecule has 0 saturated carbocycles. The molecule has 9 heteroatoms. The predicted molar refractivity (Wildman–Crippen MR) is 160 cm³/mol. The number of thiophene rings is 1. The molecule has 5 rings (SSSR count). The van der Waals surface area contributed by atoms with Crippen molar-refractivity contribution < 1.29 is 17.9 Å². The van der Waals surface area contributed by atoms with Crippen LogP contribution in [0.4, 0.5) is 11.4 Å². The molecule has 0 bridgehead atoms. The number of methoxy groups -OCH3 is 1. The van der Waals surface area contributed by atoms with Crippen molar-refractivity contribution in [3.05, 3.63) is 108 Å². The van der Waals surface area contributed by atoms with Crippen molar-refractivity contribution in [2.75, 3.05) is 23.8 Å². The molecule has 1 heterocycles. The highest BCUT2D eigenvalue weighted by Gasteiger charge is 2.23. The van der Waals surface area contributed by atoms with Gasteiger partial charge in [-0.1, -0.05) is 42.1 Å². The summed E-state index contributed by atoms with van der Waals surface area (Å²) in [4.78, 5) is 16.0. The van der Waals surface area contributed by atoms with E-state index in [0.717, 1.165) is 31.1 Å². The van der Waals surface area contributed by atoms with Gasteiger partial charge in [-0.05, 0) is 84.6 Å². The number of sulfonamides is 1. The van der Waals surface area contributed by atoms with Crippen LogP contribution < -0.4 is 14.4 Å². The monoisotopic (exact) mass is 574 g/mol. The van der Waals surface area contributed by atoms with Crippen LogP contribution in [0, 0.1) is 6.92 Å². The molecule has 1 amide bonds. The molecule has 39 heavy (non-hydrogen) atoms. The summed E-state index contributed by atoms with van der Waals surface area (Å²) in [6.45, 7) is 1.81. The Kier molecular flexibility index (Phi) is 7.65. The fourth-order valence-electron chi connectivity index (χ4n) is 4.11. The summed E-state index contributed by atoms with van der Waals surface area (Å²) in [5, 5.41) is 3.83. The first kappa shape index (κ1) is 26.8. The van der Waals surface area contributed by atoms with Crippen molar-refractivity contribution in [1.82, 2.24) is 0 Å². The van der Waals surface area contributed by atoms with Gasteiger partial charge in [0.25, 0.3) is 15.9 Å². The van der Waals surface area contributed by atoms with Gasteiger partial charge in [0.05, 0.1) is 28.3 Å². The first-order valence-corrected chi connectivity index (χ1v) is 15.1. The second-order valence-corrected chi connectivity index (χ2v) is 13.0. The van der Waals surface area contributed by atoms with Crippen LogP contribution in [0.25, 0.3) is 10.1 Å². The fraction of sp³-hybridized carbons (Fsp3) is 0.100. The molecule has 5 aromatic rings. The number of aryl methyl sites for hydroxylation is 1. The molecular weight excluding hydrogens is 549 g/mol. The van der Waals surface area contributed by atoms with Gasteiger partial charge >= 0.3 is 0 Å². The number of nitrogens with one attached hydrogen (secondary N) is 1. The predicted octanol–water partition coefficient (Wildman–Crippen LogP) is 7.45. The molecule has 0 aliphatic rings. The van der Waals surface area contributed by atoms with E-state index in [0.29, 0.717) is 16.3 Å². The van der Waals surface area contributed by atoms with Crippen LogP contribution in [-0.4, -0.2) is 28.5 Å². The summed E-state index contributed by atoms with van der Waals surface area (Å²) < 4.78 is 34.0. The first-order valence-electron chi connectivity index (χ1n) is 12.1. The molecule has 0 fully saturated rings. The van der Waals surface area contributed by atoms with Gasteiger partial charge in [-0.15, -0.1) is 11.3 Å². The maximum atomic E-state index is 13.3. The van der Waals surface area contributed by atoms with Gasteiger partial charge in [-0.2, -0.15) is 0 Å². The van der Waals surface area contributed by atoms with Crippen LogP contribution in [0.1, 0.15) is 15.2 Å². The summed E-state index contributed by atoms with van der Waals surface area (Å²) in [6.07, 6.45) is 0. The minimum absolute atomic E-state index is 0.181. The number of anilines is 2. The van der Waals surface area contributed by atoms with Gasteiger partial charge in [0.2, 0.25) is 0 Å². The third-order valence-corrected chi connectivity index (χ3v) is 10.2. The minimum atomic E-state index is -3.79. The number of nitrogens with zero attached hydrogens (tertiary/aromatic N) is 1. The molecule has 0 aliphatic heterocycles. The van der Waals surface area contributed by atoms with Crippen molar-refractivity contribution in [2.24, 2.45) is 0 Å². The van der Waals surface area contributed by atoms with Crippen molar-refractivity contribution in [3.63, 3.8) is 0 Å². The number of rotatable bonds is 8. The number of para-hydroxylation sites is 1. The second-order valence-electron chi connectivity index (χ2n) is 8.80. The molecule has 4 aromatic carbocycles. The second kappa shape index (κ2) is 11.1. The lowest BCUT2D eigenvalue weighted by Gasteiger charge is -2.20. The number of hydrogen-bond donors (Lipinski definition) is 1. The normalized spacial score (nSPS) is 11.4. The van der Waals surface area contributed by atoms with Gasteiger partial charge in [0.1, 0.15) is 5.75 Å². The number of ether oxygens (including phenoxy) is 1. The number of hydrogen-bond acceptors (Lipinski definition) is 6. The number of benzene rings is 4. The number of carbonyl (C=O) groups excluding carboxylic acids is 1. The van der Waals surface area contributed by atoms with E-state index in [1.165, 1.54) is 28.8 Å². The van der Waals surface area contributed by atoms with Crippen molar-refractivity contribution in [2.45, 2.75) is 21.6 Å². The molecule has 198 valence electrons. The van der Waals surface area contributed by atoms with E-state index in [1.807, 2.05) is 60.7 Å². The van der Waals surface area contributed by atoms with Gasteiger partial charge < -0.3 is 10.1 Å². The Labute approximate surface area is 236 Å². The smallest absolute Gasteiger partial charge is 0.265 e. The summed E-state index contributed by atoms with van der Waals surface area (Å²) in [5.41, 5.74) is 1.97. The Morgan fingerprint density at radius 1 is 0.923 bits per heavy atom. The van der Waals surface area contributed by atoms with Crippen molar-refractivity contribution in [1.29, 1.82) is 0 Å². The third kappa shape index (κ3) is 5.66. The van der Waals surface area contributed by atoms with E-state index in [9.17, 15) is 13.2 Å². The Bertz CT molecular complexity index is 1770. The Morgan fingerprint density at radius 3 is 2.41 bits per heavy atom. The van der Waals surface area contributed by atoms with E-state index >= 15 is 0 Å². The lowest BCUT2D eigenvalue weighted by Crippen LogP contribution is -2.26. The van der Waals surface area contributed by atoms with Crippen molar-refractivity contribution >= 4 is 60.5 Å². The molecule has 0 aliphatic carbocycles. The third-order valence-electron chi connectivity index (χ3n) is 6.22. The van der Waals surface area contributed by atoms with Crippen molar-refractivity contribution in [3.8, 4) is 5.75 Å². The van der Waals surface area contributed by atoms with Crippen LogP contribution in [0.2, 0.25) is 0 Å². The highest BCUT2D eigenvalue weighted by atomic mass is 32.2. The molecular formula is C30H26N2O4S3. The van der Waals surface area contributed by atoms with Crippen LogP contribution >= 0.6 is 23.1 Å². The van der Waals surface area contributed by atoms with Gasteiger partial charge in [0, 0.05) is 21.5 Å². The molecule has 6 nitrogen and oxygen atoms in total. The highest BCUT2D eigenvalue weighted by Crippen LogP contribution is 2.35. The Hall–Kier alpha value is -3.79. The summed E-state index contributed by atoms with van der Waals surface area (Å²) in [5.74, 6) is 0.414. The fourth-order valence-corrected chi connectivity index (χ4v) is 7.24. The lowest BCUT2D eigenvalue weighted by molar-refractivity contribution is 0.103. The average Bonchev–Trinajstić information content (AvgIpc) is 3.38. The maximum absolute atomic E-state index is 13.3. The van der Waals surface area contributed by atoms with E-state index in [-0.39, 0.29) is 10.8 Å². The molecule has 0 radical (unpaired) electrons. The number of carbonyl (C=O) groups is 1. The van der Waals surface area contributed by atoms with Gasteiger partial charge in [0.15, 0.2) is 0 Å². The highest BCUT2D eigenvalue weighted by molar-refractivity contribution is 7.99. The van der Waals surface area contributed by atoms with Crippen LogP contribution in [0.15, 0.2) is 112 Å². The zero-order valence-electron chi connectivity index (χ0n) is 21.5. The summed E-state index contributed by atoms with van der Waals surface area (Å²) >= 11 is 2.95. The molecule has 0 saturated heterocycles. The quantitative estimate of drug-likeness (QED) is 0.208. The largest absolute Gasteiger partial charge is 0.496 e. The molecule has 0 atom stereocenters. The topological polar surface area (TPSA) is 75.7 Å². The van der Waals surface area contributed by atoms with Crippen LogP contribution in [0.5, 0.6) is 5.75 Å². The standard InChI is InChI=1S/C30H26N2O4S3/c1-20-17-24(14-15-26(20)36-3)39(34,35)32(2)22-13-16-27-21(18-22)19-29(38-27)30(33)31-25-11-7-8-12-28(25)37-23-9-5-4-6-10-23/h4-19H,1-3H3,(H,31,33). The van der Waals surface area contributed by atoms with E-state index in [2.05, 4.69) is 5.32 Å². The summed E-state index contributed by atoms with van der Waals surface area (Å²) in [6, 6.07) is 29.7. The van der Waals surface area contributed by atoms with Gasteiger partial charge in [-0.3, -0.25) is 9.10 Å².